The monoisotopic (exact) mass is 312 g/mol. The van der Waals surface area contributed by atoms with Gasteiger partial charge in [0.2, 0.25) is 11.8 Å². The SMILES string of the molecule is COC(=O)C1C(=O)NCC1c1c(F)cc(NC(C)=O)cc1F. The molecular weight excluding hydrogens is 298 g/mol. The molecule has 1 aliphatic heterocycles. The van der Waals surface area contributed by atoms with Crippen molar-refractivity contribution >= 4 is 23.5 Å². The molecule has 118 valence electrons. The molecule has 0 saturated carbocycles. The maximum Gasteiger partial charge on any atom is 0.318 e. The van der Waals surface area contributed by atoms with Crippen LogP contribution in [0, 0.1) is 17.6 Å². The van der Waals surface area contributed by atoms with Crippen molar-refractivity contribution in [1.29, 1.82) is 0 Å². The molecule has 2 amide bonds. The first-order valence-electron chi connectivity index (χ1n) is 6.47. The van der Waals surface area contributed by atoms with Gasteiger partial charge in [-0.15, -0.1) is 0 Å². The van der Waals surface area contributed by atoms with Crippen LogP contribution in [0.25, 0.3) is 0 Å². The van der Waals surface area contributed by atoms with Crippen molar-refractivity contribution in [3.63, 3.8) is 0 Å². The number of hydrogen-bond acceptors (Lipinski definition) is 4. The van der Waals surface area contributed by atoms with Gasteiger partial charge < -0.3 is 15.4 Å². The highest BCUT2D eigenvalue weighted by Gasteiger charge is 2.44. The smallest absolute Gasteiger partial charge is 0.318 e. The number of amides is 2. The molecule has 1 aromatic carbocycles. The van der Waals surface area contributed by atoms with Gasteiger partial charge in [0.15, 0.2) is 0 Å². The van der Waals surface area contributed by atoms with Gasteiger partial charge in [0.25, 0.3) is 0 Å². The third-order valence-electron chi connectivity index (χ3n) is 3.41. The van der Waals surface area contributed by atoms with Crippen molar-refractivity contribution in [2.45, 2.75) is 12.8 Å². The molecule has 2 rings (SSSR count). The number of esters is 1. The number of ether oxygens (including phenoxy) is 1. The van der Waals surface area contributed by atoms with E-state index in [-0.39, 0.29) is 17.8 Å². The van der Waals surface area contributed by atoms with Crippen LogP contribution >= 0.6 is 0 Å². The number of carbonyl (C=O) groups excluding carboxylic acids is 3. The average molecular weight is 312 g/mol. The summed E-state index contributed by atoms with van der Waals surface area (Å²) in [6.45, 7) is 1.13. The van der Waals surface area contributed by atoms with Crippen LogP contribution in [0.4, 0.5) is 14.5 Å². The van der Waals surface area contributed by atoms with Gasteiger partial charge in [-0.1, -0.05) is 0 Å². The minimum atomic E-state index is -1.30. The molecule has 1 aromatic rings. The van der Waals surface area contributed by atoms with E-state index in [1.165, 1.54) is 6.92 Å². The number of benzene rings is 1. The zero-order valence-corrected chi connectivity index (χ0v) is 11.9. The Balaban J connectivity index is 2.41. The summed E-state index contributed by atoms with van der Waals surface area (Å²) in [5.74, 6) is -6.17. The molecule has 0 bridgehead atoms. The second-order valence-electron chi connectivity index (χ2n) is 4.89. The summed E-state index contributed by atoms with van der Waals surface area (Å²) in [7, 11) is 1.09. The number of methoxy groups -OCH3 is 1. The topological polar surface area (TPSA) is 84.5 Å². The van der Waals surface area contributed by atoms with E-state index >= 15 is 0 Å². The summed E-state index contributed by atoms with van der Waals surface area (Å²) in [4.78, 5) is 34.3. The van der Waals surface area contributed by atoms with E-state index in [0.29, 0.717) is 0 Å². The van der Waals surface area contributed by atoms with Crippen LogP contribution in [-0.4, -0.2) is 31.4 Å². The number of halogens is 2. The van der Waals surface area contributed by atoms with Gasteiger partial charge >= 0.3 is 5.97 Å². The van der Waals surface area contributed by atoms with Crippen molar-refractivity contribution in [3.8, 4) is 0 Å². The Labute approximate surface area is 124 Å². The summed E-state index contributed by atoms with van der Waals surface area (Å²) >= 11 is 0. The van der Waals surface area contributed by atoms with E-state index in [2.05, 4.69) is 15.4 Å². The zero-order valence-electron chi connectivity index (χ0n) is 11.9. The van der Waals surface area contributed by atoms with Crippen LogP contribution in [0.2, 0.25) is 0 Å². The Morgan fingerprint density at radius 3 is 2.41 bits per heavy atom. The molecule has 8 heteroatoms. The number of nitrogens with one attached hydrogen (secondary N) is 2. The molecule has 2 atom stereocenters. The van der Waals surface area contributed by atoms with Gasteiger partial charge in [-0.2, -0.15) is 0 Å². The molecule has 1 heterocycles. The fourth-order valence-electron chi connectivity index (χ4n) is 2.50. The number of anilines is 1. The summed E-state index contributed by atoms with van der Waals surface area (Å²) in [5, 5.41) is 4.66. The first-order valence-corrected chi connectivity index (χ1v) is 6.47. The molecule has 22 heavy (non-hydrogen) atoms. The summed E-state index contributed by atoms with van der Waals surface area (Å²) in [6.07, 6.45) is 0. The molecule has 1 aliphatic rings. The third-order valence-corrected chi connectivity index (χ3v) is 3.41. The van der Waals surface area contributed by atoms with Gasteiger partial charge in [0.05, 0.1) is 7.11 Å². The summed E-state index contributed by atoms with van der Waals surface area (Å²) < 4.78 is 32.9. The Morgan fingerprint density at radius 2 is 1.91 bits per heavy atom. The Hall–Kier alpha value is -2.51. The van der Waals surface area contributed by atoms with E-state index < -0.39 is 41.3 Å². The average Bonchev–Trinajstić information content (AvgIpc) is 2.78. The van der Waals surface area contributed by atoms with Crippen LogP contribution in [0.15, 0.2) is 12.1 Å². The van der Waals surface area contributed by atoms with Crippen LogP contribution in [0.5, 0.6) is 0 Å². The highest BCUT2D eigenvalue weighted by Crippen LogP contribution is 2.34. The van der Waals surface area contributed by atoms with Crippen molar-refractivity contribution < 1.29 is 27.9 Å². The lowest BCUT2D eigenvalue weighted by atomic mass is 9.87. The maximum absolute atomic E-state index is 14.2. The van der Waals surface area contributed by atoms with E-state index in [9.17, 15) is 23.2 Å². The van der Waals surface area contributed by atoms with Crippen LogP contribution in [0.1, 0.15) is 18.4 Å². The lowest BCUT2D eigenvalue weighted by Gasteiger charge is -2.17. The molecule has 0 aromatic heterocycles. The molecule has 0 aliphatic carbocycles. The van der Waals surface area contributed by atoms with E-state index in [0.717, 1.165) is 19.2 Å². The van der Waals surface area contributed by atoms with Crippen molar-refractivity contribution in [2.75, 3.05) is 19.0 Å². The molecule has 6 nitrogen and oxygen atoms in total. The second-order valence-corrected chi connectivity index (χ2v) is 4.89. The third kappa shape index (κ3) is 2.90. The molecular formula is C14H14F2N2O4. The highest BCUT2D eigenvalue weighted by molar-refractivity contribution is 6.00. The number of hydrogen-bond donors (Lipinski definition) is 2. The van der Waals surface area contributed by atoms with Crippen molar-refractivity contribution in [2.24, 2.45) is 5.92 Å². The Kier molecular flexibility index (Phi) is 4.39. The minimum absolute atomic E-state index is 0.0434. The molecule has 0 radical (unpaired) electrons. The predicted octanol–water partition coefficient (Wildman–Crippen LogP) is 0.926. The van der Waals surface area contributed by atoms with E-state index in [1.807, 2.05) is 0 Å². The highest BCUT2D eigenvalue weighted by atomic mass is 19.1. The van der Waals surface area contributed by atoms with Gasteiger partial charge in [-0.3, -0.25) is 14.4 Å². The molecule has 1 fully saturated rings. The summed E-state index contributed by atoms with van der Waals surface area (Å²) in [6, 6.07) is 1.88. The molecule has 2 unspecified atom stereocenters. The predicted molar refractivity (Wildman–Crippen MR) is 71.9 cm³/mol. The first kappa shape index (κ1) is 15.9. The summed E-state index contributed by atoms with van der Waals surface area (Å²) in [5.41, 5.74) is -0.430. The lowest BCUT2D eigenvalue weighted by Crippen LogP contribution is -2.28. The van der Waals surface area contributed by atoms with Crippen LogP contribution < -0.4 is 10.6 Å². The minimum Gasteiger partial charge on any atom is -0.468 e. The van der Waals surface area contributed by atoms with Gasteiger partial charge in [0.1, 0.15) is 17.6 Å². The molecule has 0 spiro atoms. The zero-order chi connectivity index (χ0) is 16.4. The molecule has 1 saturated heterocycles. The maximum atomic E-state index is 14.2. The fraction of sp³-hybridized carbons (Fsp3) is 0.357. The second kappa shape index (κ2) is 6.08. The van der Waals surface area contributed by atoms with Gasteiger partial charge in [0, 0.05) is 30.6 Å². The molecule has 2 N–H and O–H groups in total. The van der Waals surface area contributed by atoms with Gasteiger partial charge in [-0.05, 0) is 12.1 Å². The van der Waals surface area contributed by atoms with Crippen LogP contribution in [-0.2, 0) is 19.1 Å². The lowest BCUT2D eigenvalue weighted by molar-refractivity contribution is -0.149. The normalized spacial score (nSPS) is 20.5. The van der Waals surface area contributed by atoms with Crippen molar-refractivity contribution in [1.82, 2.24) is 5.32 Å². The fourth-order valence-corrected chi connectivity index (χ4v) is 2.50. The quantitative estimate of drug-likeness (QED) is 0.642. The Morgan fingerprint density at radius 1 is 1.32 bits per heavy atom. The van der Waals surface area contributed by atoms with Gasteiger partial charge in [-0.25, -0.2) is 8.78 Å². The number of rotatable bonds is 3. The number of carbonyl (C=O) groups is 3. The first-order chi connectivity index (χ1) is 10.3. The van der Waals surface area contributed by atoms with E-state index in [4.69, 9.17) is 0 Å². The van der Waals surface area contributed by atoms with Crippen LogP contribution in [0.3, 0.4) is 0 Å². The van der Waals surface area contributed by atoms with Crippen molar-refractivity contribution in [3.05, 3.63) is 29.3 Å². The largest absolute Gasteiger partial charge is 0.468 e. The van der Waals surface area contributed by atoms with E-state index in [1.54, 1.807) is 0 Å². The Bertz CT molecular complexity index is 625. The standard InChI is InChI=1S/C14H14F2N2O4/c1-6(19)18-7-3-9(15)11(10(16)4-7)8-5-17-13(20)12(8)14(21)22-2/h3-4,8,12H,5H2,1-2H3,(H,17,20)(H,18,19).